The van der Waals surface area contributed by atoms with Gasteiger partial charge in [0.1, 0.15) is 0 Å². The lowest BCUT2D eigenvalue weighted by Crippen LogP contribution is -2.25. The number of hydrogen-bond donors (Lipinski definition) is 0. The predicted molar refractivity (Wildman–Crippen MR) is 53.3 cm³/mol. The maximum Gasteiger partial charge on any atom is 0.404 e. The molecule has 2 aliphatic carbocycles. The molecule has 0 aromatic heterocycles. The Morgan fingerprint density at radius 3 is 2.53 bits per heavy atom. The number of fused-ring (bicyclic) bond motifs is 2. The molecule has 4 heteroatoms. The van der Waals surface area contributed by atoms with Crippen LogP contribution in [0.25, 0.3) is 5.53 Å². The van der Waals surface area contributed by atoms with Gasteiger partial charge in [-0.3, -0.25) is 9.59 Å². The Bertz CT molecular complexity index is 428. The minimum absolute atomic E-state index is 0.329. The van der Waals surface area contributed by atoms with E-state index in [1.165, 1.54) is 6.92 Å². The second-order valence-corrected chi connectivity index (χ2v) is 4.23. The van der Waals surface area contributed by atoms with Crippen molar-refractivity contribution in [3.8, 4) is 0 Å². The zero-order valence-electron chi connectivity index (χ0n) is 8.62. The monoisotopic (exact) mass is 204 g/mol. The van der Waals surface area contributed by atoms with Crippen LogP contribution in [-0.4, -0.2) is 22.1 Å². The number of hydrogen-bond acceptors (Lipinski definition) is 2. The molecule has 1 fully saturated rings. The summed E-state index contributed by atoms with van der Waals surface area (Å²) < 4.78 is 0. The van der Waals surface area contributed by atoms with Crippen LogP contribution >= 0.6 is 0 Å². The first kappa shape index (κ1) is 9.99. The Morgan fingerprint density at radius 1 is 1.40 bits per heavy atom. The Morgan fingerprint density at radius 2 is 2.13 bits per heavy atom. The Hall–Kier alpha value is -1.54. The van der Waals surface area contributed by atoms with E-state index in [9.17, 15) is 9.59 Å². The lowest BCUT2D eigenvalue weighted by atomic mass is 9.93. The molecule has 0 heterocycles. The number of carbonyl (C=O) groups excluding carboxylic acids is 2. The van der Waals surface area contributed by atoms with Crippen molar-refractivity contribution >= 4 is 17.3 Å². The van der Waals surface area contributed by atoms with Crippen LogP contribution in [-0.2, 0) is 9.59 Å². The van der Waals surface area contributed by atoms with Crippen LogP contribution in [0.3, 0.4) is 0 Å². The molecule has 0 aliphatic heterocycles. The predicted octanol–water partition coefficient (Wildman–Crippen LogP) is 1.32. The number of allylic oxidation sites excluding steroid dienone is 2. The molecule has 2 bridgehead atoms. The van der Waals surface area contributed by atoms with Crippen LogP contribution in [0.2, 0.25) is 0 Å². The summed E-state index contributed by atoms with van der Waals surface area (Å²) in [4.78, 5) is 25.7. The largest absolute Gasteiger partial charge is 0.404 e. The topological polar surface area (TPSA) is 70.5 Å². The van der Waals surface area contributed by atoms with Crippen LogP contribution in [0.5, 0.6) is 0 Å². The molecule has 15 heavy (non-hydrogen) atoms. The summed E-state index contributed by atoms with van der Waals surface area (Å²) in [7, 11) is 0. The van der Waals surface area contributed by atoms with Crippen LogP contribution in [0, 0.1) is 5.92 Å². The van der Waals surface area contributed by atoms with Crippen molar-refractivity contribution in [1.29, 1.82) is 0 Å². The molecule has 1 atom stereocenters. The van der Waals surface area contributed by atoms with Gasteiger partial charge in [-0.15, -0.1) is 0 Å². The van der Waals surface area contributed by atoms with Gasteiger partial charge >= 0.3 is 5.71 Å². The number of nitrogens with zero attached hydrogens (tertiary/aromatic N) is 2. The van der Waals surface area contributed by atoms with E-state index in [4.69, 9.17) is 5.53 Å². The molecule has 2 rings (SSSR count). The van der Waals surface area contributed by atoms with E-state index in [0.717, 1.165) is 31.3 Å². The van der Waals surface area contributed by atoms with Gasteiger partial charge in [-0.2, -0.15) is 4.79 Å². The molecule has 0 N–H and O–H groups in total. The molecule has 1 unspecified atom stereocenters. The summed E-state index contributed by atoms with van der Waals surface area (Å²) in [5.74, 6) is -0.272. The van der Waals surface area contributed by atoms with Crippen LogP contribution in [0.4, 0.5) is 0 Å². The van der Waals surface area contributed by atoms with E-state index in [1.807, 2.05) is 0 Å². The van der Waals surface area contributed by atoms with Gasteiger partial charge in [0.25, 0.3) is 5.78 Å². The molecule has 78 valence electrons. The third kappa shape index (κ3) is 1.57. The van der Waals surface area contributed by atoms with E-state index in [1.54, 1.807) is 0 Å². The number of ketones is 2. The zero-order chi connectivity index (χ0) is 11.0. The Balaban J connectivity index is 2.30. The second kappa shape index (κ2) is 3.55. The minimum Gasteiger partial charge on any atom is -0.360 e. The van der Waals surface area contributed by atoms with Gasteiger partial charge in [0.15, 0.2) is 0 Å². The maximum absolute atomic E-state index is 11.8. The van der Waals surface area contributed by atoms with Gasteiger partial charge in [0, 0.05) is 12.5 Å². The number of Topliss-reactive ketones (excluding diaryl/α,β-unsaturated/α-hetero) is 2. The van der Waals surface area contributed by atoms with Gasteiger partial charge in [-0.05, 0) is 31.6 Å². The number of carbonyl (C=O) groups is 2. The molecule has 0 aromatic carbocycles. The van der Waals surface area contributed by atoms with Crippen LogP contribution in [0.1, 0.15) is 32.6 Å². The van der Waals surface area contributed by atoms with Gasteiger partial charge in [0.05, 0.1) is 0 Å². The molecule has 0 spiro atoms. The first-order valence-corrected chi connectivity index (χ1v) is 5.12. The highest BCUT2D eigenvalue weighted by atomic mass is 16.1. The van der Waals surface area contributed by atoms with Gasteiger partial charge in [-0.1, -0.05) is 5.57 Å². The summed E-state index contributed by atoms with van der Waals surface area (Å²) >= 11 is 0. The summed E-state index contributed by atoms with van der Waals surface area (Å²) in [6.45, 7) is 1.24. The lowest BCUT2D eigenvalue weighted by Gasteiger charge is -2.07. The summed E-state index contributed by atoms with van der Waals surface area (Å²) in [6.07, 6.45) is 3.85. The van der Waals surface area contributed by atoms with Crippen molar-refractivity contribution in [1.82, 2.24) is 0 Å². The fourth-order valence-electron chi connectivity index (χ4n) is 2.48. The second-order valence-electron chi connectivity index (χ2n) is 4.23. The van der Waals surface area contributed by atoms with E-state index >= 15 is 0 Å². The highest BCUT2D eigenvalue weighted by Gasteiger charge is 2.38. The standard InChI is InChI=1S/C11H12N2O2/c1-6(14)10(13-12)11(15)9-5-7-2-3-8(9)4-7/h7H,2-5H2,1H3. The molecule has 0 saturated heterocycles. The summed E-state index contributed by atoms with van der Waals surface area (Å²) in [6, 6.07) is 0. The molecule has 1 saturated carbocycles. The van der Waals surface area contributed by atoms with Crippen LogP contribution < -0.4 is 0 Å². The molecule has 4 nitrogen and oxygen atoms in total. The lowest BCUT2D eigenvalue weighted by molar-refractivity contribution is -0.121. The average Bonchev–Trinajstić information content (AvgIpc) is 2.78. The van der Waals surface area contributed by atoms with Crippen molar-refractivity contribution in [3.05, 3.63) is 16.7 Å². The van der Waals surface area contributed by atoms with E-state index in [2.05, 4.69) is 4.79 Å². The highest BCUT2D eigenvalue weighted by molar-refractivity contribution is 6.66. The third-order valence-electron chi connectivity index (χ3n) is 3.23. The minimum atomic E-state index is -0.474. The van der Waals surface area contributed by atoms with E-state index < -0.39 is 5.78 Å². The maximum atomic E-state index is 11.8. The normalized spacial score (nSPS) is 22.9. The quantitative estimate of drug-likeness (QED) is 0.301. The highest BCUT2D eigenvalue weighted by Crippen LogP contribution is 2.44. The van der Waals surface area contributed by atoms with Crippen molar-refractivity contribution < 1.29 is 14.4 Å². The molecular formula is C11H12N2O2. The SMILES string of the molecule is CC(=O)C(=[N+]=[N-])C(=O)C1=C2CCC(C2)C1. The third-order valence-corrected chi connectivity index (χ3v) is 3.23. The first-order chi connectivity index (χ1) is 7.13. The summed E-state index contributed by atoms with van der Waals surface area (Å²) in [5, 5.41) is 0. The smallest absolute Gasteiger partial charge is 0.360 e. The van der Waals surface area contributed by atoms with Crippen molar-refractivity contribution in [2.24, 2.45) is 5.92 Å². The zero-order valence-corrected chi connectivity index (χ0v) is 8.62. The van der Waals surface area contributed by atoms with Gasteiger partial charge in [-0.25, -0.2) is 0 Å². The van der Waals surface area contributed by atoms with E-state index in [0.29, 0.717) is 11.5 Å². The van der Waals surface area contributed by atoms with Gasteiger partial charge < -0.3 is 5.53 Å². The molecule has 2 aliphatic rings. The Labute approximate surface area is 87.6 Å². The van der Waals surface area contributed by atoms with Crippen molar-refractivity contribution in [2.75, 3.05) is 0 Å². The van der Waals surface area contributed by atoms with Crippen molar-refractivity contribution in [2.45, 2.75) is 32.6 Å². The first-order valence-electron chi connectivity index (χ1n) is 5.12. The fraction of sp³-hybridized carbons (Fsp3) is 0.545. The number of rotatable bonds is 3. The molecular weight excluding hydrogens is 192 g/mol. The summed E-state index contributed by atoms with van der Waals surface area (Å²) in [5.41, 5.74) is 10.2. The van der Waals surface area contributed by atoms with E-state index in [-0.39, 0.29) is 11.5 Å². The Kier molecular flexibility index (Phi) is 2.37. The average molecular weight is 204 g/mol. The van der Waals surface area contributed by atoms with Crippen molar-refractivity contribution in [3.63, 3.8) is 0 Å². The molecule has 0 amide bonds. The van der Waals surface area contributed by atoms with Gasteiger partial charge in [0.2, 0.25) is 5.78 Å². The molecule has 0 radical (unpaired) electrons. The molecule has 0 aromatic rings. The van der Waals surface area contributed by atoms with Crippen LogP contribution in [0.15, 0.2) is 11.1 Å². The fourth-order valence-corrected chi connectivity index (χ4v) is 2.48.